The summed E-state index contributed by atoms with van der Waals surface area (Å²) in [6.45, 7) is 0. The van der Waals surface area contributed by atoms with Crippen LogP contribution >= 0.6 is 0 Å². The topological polar surface area (TPSA) is 43.3 Å². The zero-order chi connectivity index (χ0) is 18.2. The Morgan fingerprint density at radius 3 is 2.56 bits per heavy atom. The minimum absolute atomic E-state index is 0.0331. The Kier molecular flexibility index (Phi) is 4.16. The van der Waals surface area contributed by atoms with Crippen molar-refractivity contribution in [2.75, 3.05) is 12.4 Å². The molecule has 0 radical (unpaired) electrons. The van der Waals surface area contributed by atoms with E-state index in [2.05, 4.69) is 5.32 Å². The number of halogens is 3. The first kappa shape index (κ1) is 16.9. The molecular formula is C18H15F3N2O2. The number of methoxy groups -OCH3 is 1. The van der Waals surface area contributed by atoms with Gasteiger partial charge in [0.25, 0.3) is 5.91 Å². The van der Waals surface area contributed by atoms with Gasteiger partial charge in [0.15, 0.2) is 0 Å². The number of anilines is 1. The van der Waals surface area contributed by atoms with E-state index < -0.39 is 17.6 Å². The van der Waals surface area contributed by atoms with Gasteiger partial charge >= 0.3 is 6.18 Å². The highest BCUT2D eigenvalue weighted by Crippen LogP contribution is 2.35. The SMILES string of the molecule is COc1ccc(C(F)(F)F)cc1NC(=O)c1ccc2ccn(C)c2c1. The lowest BCUT2D eigenvalue weighted by molar-refractivity contribution is -0.137. The summed E-state index contributed by atoms with van der Waals surface area (Å²) < 4.78 is 45.6. The molecule has 1 aromatic heterocycles. The van der Waals surface area contributed by atoms with Crippen LogP contribution in [-0.2, 0) is 13.2 Å². The average molecular weight is 348 g/mol. The van der Waals surface area contributed by atoms with E-state index in [9.17, 15) is 18.0 Å². The molecule has 0 aliphatic heterocycles. The monoisotopic (exact) mass is 348 g/mol. The predicted molar refractivity (Wildman–Crippen MR) is 88.9 cm³/mol. The van der Waals surface area contributed by atoms with Gasteiger partial charge in [0.2, 0.25) is 0 Å². The first-order valence-corrected chi connectivity index (χ1v) is 7.41. The lowest BCUT2D eigenvalue weighted by atomic mass is 10.1. The van der Waals surface area contributed by atoms with Crippen molar-refractivity contribution in [1.29, 1.82) is 0 Å². The van der Waals surface area contributed by atoms with Gasteiger partial charge in [-0.15, -0.1) is 0 Å². The largest absolute Gasteiger partial charge is 0.495 e. The van der Waals surface area contributed by atoms with E-state index >= 15 is 0 Å². The van der Waals surface area contributed by atoms with Gasteiger partial charge in [0.1, 0.15) is 5.75 Å². The van der Waals surface area contributed by atoms with Gasteiger partial charge in [-0.3, -0.25) is 4.79 Å². The molecule has 0 aliphatic rings. The molecule has 130 valence electrons. The summed E-state index contributed by atoms with van der Waals surface area (Å²) in [6, 6.07) is 9.95. The third-order valence-electron chi connectivity index (χ3n) is 3.93. The van der Waals surface area contributed by atoms with Crippen molar-refractivity contribution in [2.45, 2.75) is 6.18 Å². The third-order valence-corrected chi connectivity index (χ3v) is 3.93. The summed E-state index contributed by atoms with van der Waals surface area (Å²) >= 11 is 0. The van der Waals surface area contributed by atoms with E-state index in [1.165, 1.54) is 13.2 Å². The standard InChI is InChI=1S/C18H15F3N2O2/c1-23-8-7-11-3-4-12(9-15(11)23)17(24)22-14-10-13(18(19,20)21)5-6-16(14)25-2/h3-10H,1-2H3,(H,22,24). The first-order valence-electron chi connectivity index (χ1n) is 7.41. The molecule has 7 heteroatoms. The Labute approximate surface area is 141 Å². The molecule has 1 N–H and O–H groups in total. The minimum Gasteiger partial charge on any atom is -0.495 e. The van der Waals surface area contributed by atoms with Crippen LogP contribution in [0.25, 0.3) is 10.9 Å². The molecule has 2 aromatic carbocycles. The quantitative estimate of drug-likeness (QED) is 0.759. The number of rotatable bonds is 3. The fraction of sp³-hybridized carbons (Fsp3) is 0.167. The lowest BCUT2D eigenvalue weighted by Crippen LogP contribution is -2.14. The van der Waals surface area contributed by atoms with Gasteiger partial charge in [0.05, 0.1) is 18.4 Å². The van der Waals surface area contributed by atoms with Crippen LogP contribution in [-0.4, -0.2) is 17.6 Å². The number of ether oxygens (including phenoxy) is 1. The van der Waals surface area contributed by atoms with E-state index in [1.54, 1.807) is 18.2 Å². The molecule has 1 heterocycles. The second-order valence-electron chi connectivity index (χ2n) is 5.57. The zero-order valence-electron chi connectivity index (χ0n) is 13.5. The second kappa shape index (κ2) is 6.16. The van der Waals surface area contributed by atoms with Crippen LogP contribution in [0.3, 0.4) is 0 Å². The molecule has 0 aliphatic carbocycles. The Morgan fingerprint density at radius 2 is 1.88 bits per heavy atom. The molecule has 0 unspecified atom stereocenters. The number of benzene rings is 2. The number of hydrogen-bond donors (Lipinski definition) is 1. The highest BCUT2D eigenvalue weighted by atomic mass is 19.4. The summed E-state index contributed by atoms with van der Waals surface area (Å²) in [7, 11) is 3.17. The zero-order valence-corrected chi connectivity index (χ0v) is 13.5. The number of alkyl halides is 3. The van der Waals surface area contributed by atoms with Crippen LogP contribution in [0.15, 0.2) is 48.7 Å². The number of aryl methyl sites for hydroxylation is 1. The van der Waals surface area contributed by atoms with Crippen molar-refractivity contribution in [3.63, 3.8) is 0 Å². The van der Waals surface area contributed by atoms with Crippen LogP contribution in [0, 0.1) is 0 Å². The smallest absolute Gasteiger partial charge is 0.416 e. The van der Waals surface area contributed by atoms with Crippen molar-refractivity contribution in [3.05, 3.63) is 59.8 Å². The highest BCUT2D eigenvalue weighted by molar-refractivity contribution is 6.06. The first-order chi connectivity index (χ1) is 11.8. The van der Waals surface area contributed by atoms with E-state index in [4.69, 9.17) is 4.74 Å². The fourth-order valence-corrected chi connectivity index (χ4v) is 2.58. The number of fused-ring (bicyclic) bond motifs is 1. The Hall–Kier alpha value is -2.96. The Balaban J connectivity index is 1.94. The van der Waals surface area contributed by atoms with Crippen molar-refractivity contribution < 1.29 is 22.7 Å². The molecule has 3 aromatic rings. The number of amides is 1. The minimum atomic E-state index is -4.51. The van der Waals surface area contributed by atoms with E-state index in [0.29, 0.717) is 5.56 Å². The Bertz CT molecular complexity index is 945. The maximum Gasteiger partial charge on any atom is 0.416 e. The van der Waals surface area contributed by atoms with Gasteiger partial charge in [-0.1, -0.05) is 6.07 Å². The van der Waals surface area contributed by atoms with E-state index in [1.807, 2.05) is 23.9 Å². The maximum atomic E-state index is 12.9. The van der Waals surface area contributed by atoms with Crippen LogP contribution < -0.4 is 10.1 Å². The number of carbonyl (C=O) groups is 1. The van der Waals surface area contributed by atoms with Gasteiger partial charge in [0, 0.05) is 24.3 Å². The number of nitrogens with zero attached hydrogens (tertiary/aromatic N) is 1. The van der Waals surface area contributed by atoms with Gasteiger partial charge in [-0.05, 0) is 41.8 Å². The summed E-state index contributed by atoms with van der Waals surface area (Å²) in [4.78, 5) is 12.5. The van der Waals surface area contributed by atoms with Crippen LogP contribution in [0.4, 0.5) is 18.9 Å². The number of aromatic nitrogens is 1. The molecule has 0 saturated carbocycles. The summed E-state index contributed by atoms with van der Waals surface area (Å²) in [5, 5.41) is 3.46. The van der Waals surface area contributed by atoms with Gasteiger partial charge < -0.3 is 14.6 Å². The highest BCUT2D eigenvalue weighted by Gasteiger charge is 2.31. The Morgan fingerprint density at radius 1 is 1.12 bits per heavy atom. The van der Waals surface area contributed by atoms with E-state index in [0.717, 1.165) is 23.0 Å². The van der Waals surface area contributed by atoms with Crippen molar-refractivity contribution >= 4 is 22.5 Å². The molecule has 4 nitrogen and oxygen atoms in total. The molecule has 0 atom stereocenters. The summed E-state index contributed by atoms with van der Waals surface area (Å²) in [6.07, 6.45) is -2.64. The van der Waals surface area contributed by atoms with Crippen molar-refractivity contribution in [3.8, 4) is 5.75 Å². The van der Waals surface area contributed by atoms with Crippen molar-refractivity contribution in [1.82, 2.24) is 4.57 Å². The average Bonchev–Trinajstić information content (AvgIpc) is 2.94. The fourth-order valence-electron chi connectivity index (χ4n) is 2.58. The lowest BCUT2D eigenvalue weighted by Gasteiger charge is -2.14. The van der Waals surface area contributed by atoms with Crippen LogP contribution in [0.1, 0.15) is 15.9 Å². The molecule has 0 spiro atoms. The maximum absolute atomic E-state index is 12.9. The van der Waals surface area contributed by atoms with Crippen LogP contribution in [0.5, 0.6) is 5.75 Å². The molecule has 0 saturated heterocycles. The molecule has 0 fully saturated rings. The number of nitrogens with one attached hydrogen (secondary N) is 1. The number of carbonyl (C=O) groups excluding carboxylic acids is 1. The predicted octanol–water partition coefficient (Wildman–Crippen LogP) is 4.46. The molecule has 0 bridgehead atoms. The summed E-state index contributed by atoms with van der Waals surface area (Å²) in [5.74, 6) is -0.359. The summed E-state index contributed by atoms with van der Waals surface area (Å²) in [5.41, 5.74) is 0.299. The third kappa shape index (κ3) is 3.31. The van der Waals surface area contributed by atoms with Gasteiger partial charge in [-0.2, -0.15) is 13.2 Å². The molecule has 1 amide bonds. The second-order valence-corrected chi connectivity index (χ2v) is 5.57. The van der Waals surface area contributed by atoms with E-state index in [-0.39, 0.29) is 11.4 Å². The molecule has 3 rings (SSSR count). The molecule has 25 heavy (non-hydrogen) atoms. The molecular weight excluding hydrogens is 333 g/mol. The normalized spacial score (nSPS) is 11.6. The van der Waals surface area contributed by atoms with Gasteiger partial charge in [-0.25, -0.2) is 0 Å². The number of hydrogen-bond acceptors (Lipinski definition) is 2. The van der Waals surface area contributed by atoms with Crippen LogP contribution in [0.2, 0.25) is 0 Å². The van der Waals surface area contributed by atoms with Crippen molar-refractivity contribution in [2.24, 2.45) is 7.05 Å².